The van der Waals surface area contributed by atoms with Gasteiger partial charge < -0.3 is 14.8 Å². The fraction of sp³-hybridized carbons (Fsp3) is 0.208. The molecule has 1 N–H and O–H groups in total. The monoisotopic (exact) mass is 432 g/mol. The first-order chi connectivity index (χ1) is 15.2. The topological polar surface area (TPSA) is 77.5 Å². The number of rotatable bonds is 5. The zero-order valence-corrected chi connectivity index (χ0v) is 17.7. The molecule has 31 heavy (non-hydrogen) atoms. The van der Waals surface area contributed by atoms with E-state index in [0.29, 0.717) is 16.5 Å². The van der Waals surface area contributed by atoms with Crippen molar-refractivity contribution < 1.29 is 19.1 Å². The predicted octanol–water partition coefficient (Wildman–Crippen LogP) is 4.21. The van der Waals surface area contributed by atoms with Crippen LogP contribution in [0.15, 0.2) is 54.7 Å². The lowest BCUT2D eigenvalue weighted by molar-refractivity contribution is 0.0531. The largest absolute Gasteiger partial charge is 0.462 e. The van der Waals surface area contributed by atoms with E-state index in [-0.39, 0.29) is 19.1 Å². The van der Waals surface area contributed by atoms with E-state index in [1.54, 1.807) is 6.92 Å². The van der Waals surface area contributed by atoms with Gasteiger partial charge in [0.1, 0.15) is 11.5 Å². The molecule has 0 spiro atoms. The summed E-state index contributed by atoms with van der Waals surface area (Å²) in [6.45, 7) is 2.42. The second-order valence-corrected chi connectivity index (χ2v) is 7.76. The molecule has 1 aliphatic carbocycles. The highest BCUT2D eigenvalue weighted by molar-refractivity contribution is 7.14. The zero-order chi connectivity index (χ0) is 21.6. The van der Waals surface area contributed by atoms with Crippen LogP contribution in [-0.4, -0.2) is 36.8 Å². The van der Waals surface area contributed by atoms with E-state index in [1.165, 1.54) is 17.3 Å². The summed E-state index contributed by atoms with van der Waals surface area (Å²) in [6, 6.07) is 16.4. The van der Waals surface area contributed by atoms with Crippen LogP contribution in [0.2, 0.25) is 0 Å². The van der Waals surface area contributed by atoms with Crippen molar-refractivity contribution in [3.8, 4) is 23.0 Å². The molecule has 4 rings (SSSR count). The minimum Gasteiger partial charge on any atom is -0.462 e. The number of hydrogen-bond acceptors (Lipinski definition) is 6. The third kappa shape index (κ3) is 4.60. The summed E-state index contributed by atoms with van der Waals surface area (Å²) < 4.78 is 10.4. The zero-order valence-electron chi connectivity index (χ0n) is 16.9. The molecule has 0 bridgehead atoms. The highest BCUT2D eigenvalue weighted by Gasteiger charge is 2.28. The Balaban J connectivity index is 1.30. The molecule has 1 aromatic heterocycles. The predicted molar refractivity (Wildman–Crippen MR) is 118 cm³/mol. The molecule has 7 heteroatoms. The molecule has 3 aromatic rings. The average Bonchev–Trinajstić information content (AvgIpc) is 3.39. The smallest absolute Gasteiger partial charge is 0.407 e. The minimum absolute atomic E-state index is 0.0147. The van der Waals surface area contributed by atoms with Gasteiger partial charge in [0, 0.05) is 5.92 Å². The van der Waals surface area contributed by atoms with Crippen molar-refractivity contribution in [2.45, 2.75) is 12.8 Å². The molecule has 156 valence electrons. The van der Waals surface area contributed by atoms with Gasteiger partial charge in [-0.05, 0) is 35.1 Å². The highest BCUT2D eigenvalue weighted by atomic mass is 32.1. The van der Waals surface area contributed by atoms with Gasteiger partial charge >= 0.3 is 12.1 Å². The van der Waals surface area contributed by atoms with Crippen LogP contribution in [0.5, 0.6) is 0 Å². The number of carbonyl (C=O) groups excluding carboxylic acids is 2. The molecule has 0 aliphatic heterocycles. The van der Waals surface area contributed by atoms with Crippen molar-refractivity contribution >= 4 is 23.4 Å². The minimum atomic E-state index is -0.525. The van der Waals surface area contributed by atoms with Crippen LogP contribution >= 0.6 is 11.3 Å². The molecule has 0 saturated carbocycles. The molecule has 1 aliphatic rings. The van der Waals surface area contributed by atoms with Gasteiger partial charge in [-0.15, -0.1) is 0 Å². The molecule has 0 radical (unpaired) electrons. The van der Waals surface area contributed by atoms with Crippen LogP contribution in [0.4, 0.5) is 4.79 Å². The maximum atomic E-state index is 12.1. The summed E-state index contributed by atoms with van der Waals surface area (Å²) >= 11 is 1.15. The summed E-state index contributed by atoms with van der Waals surface area (Å²) in [7, 11) is 0. The summed E-state index contributed by atoms with van der Waals surface area (Å²) in [4.78, 5) is 28.2. The first-order valence-corrected chi connectivity index (χ1v) is 10.7. The van der Waals surface area contributed by atoms with Crippen molar-refractivity contribution in [1.29, 1.82) is 0 Å². The standard InChI is InChI=1S/C24H20N2O4S/c1-2-29-23(27)21-14-26-22(31-21)12-7-13-25-24(28)30-15-20-18-10-5-3-8-16(18)17-9-4-6-11-19(17)20/h3-6,8-11,14,20H,2,13,15H2,1H3,(H,25,28). The Morgan fingerprint density at radius 3 is 2.42 bits per heavy atom. The van der Waals surface area contributed by atoms with Gasteiger partial charge in [-0.1, -0.05) is 65.8 Å². The number of amides is 1. The molecular weight excluding hydrogens is 412 g/mol. The van der Waals surface area contributed by atoms with Crippen molar-refractivity contribution in [1.82, 2.24) is 10.3 Å². The summed E-state index contributed by atoms with van der Waals surface area (Å²) in [5, 5.41) is 3.11. The SMILES string of the molecule is CCOC(=O)c1cnc(C#CCNC(=O)OCC2c3ccccc3-c3ccccc32)s1. The van der Waals surface area contributed by atoms with E-state index in [4.69, 9.17) is 9.47 Å². The Morgan fingerprint density at radius 2 is 1.74 bits per heavy atom. The van der Waals surface area contributed by atoms with Crippen LogP contribution in [0.25, 0.3) is 11.1 Å². The maximum absolute atomic E-state index is 12.1. The van der Waals surface area contributed by atoms with Crippen LogP contribution < -0.4 is 5.32 Å². The number of thiazole rings is 1. The lowest BCUT2D eigenvalue weighted by atomic mass is 9.98. The van der Waals surface area contributed by atoms with Crippen LogP contribution in [0.3, 0.4) is 0 Å². The number of alkyl carbamates (subject to hydrolysis) is 1. The summed E-state index contributed by atoms with van der Waals surface area (Å²) in [5.74, 6) is 5.23. The maximum Gasteiger partial charge on any atom is 0.407 e. The average molecular weight is 433 g/mol. The van der Waals surface area contributed by atoms with Crippen LogP contribution in [-0.2, 0) is 9.47 Å². The van der Waals surface area contributed by atoms with Crippen molar-refractivity contribution in [2.24, 2.45) is 0 Å². The molecule has 0 unspecified atom stereocenters. The quantitative estimate of drug-likeness (QED) is 0.483. The van der Waals surface area contributed by atoms with Crippen molar-refractivity contribution in [2.75, 3.05) is 19.8 Å². The van der Waals surface area contributed by atoms with Gasteiger partial charge in [0.25, 0.3) is 0 Å². The van der Waals surface area contributed by atoms with Crippen molar-refractivity contribution in [3.05, 3.63) is 75.7 Å². The van der Waals surface area contributed by atoms with E-state index >= 15 is 0 Å². The van der Waals surface area contributed by atoms with Gasteiger partial charge in [0.15, 0.2) is 5.01 Å². The van der Waals surface area contributed by atoms with Gasteiger partial charge in [0.2, 0.25) is 0 Å². The van der Waals surface area contributed by atoms with E-state index in [0.717, 1.165) is 22.5 Å². The fourth-order valence-electron chi connectivity index (χ4n) is 3.51. The number of aromatic nitrogens is 1. The molecule has 2 aromatic carbocycles. The molecular formula is C24H20N2O4S. The van der Waals surface area contributed by atoms with Crippen LogP contribution in [0.1, 0.15) is 38.6 Å². The molecule has 1 amide bonds. The lowest BCUT2D eigenvalue weighted by Crippen LogP contribution is -2.26. The van der Waals surface area contributed by atoms with E-state index < -0.39 is 12.1 Å². The number of benzene rings is 2. The number of fused-ring (bicyclic) bond motifs is 3. The molecule has 0 saturated heterocycles. The molecule has 6 nitrogen and oxygen atoms in total. The van der Waals surface area contributed by atoms with Crippen molar-refractivity contribution in [3.63, 3.8) is 0 Å². The second kappa shape index (κ2) is 9.45. The number of nitrogens with zero attached hydrogens (tertiary/aromatic N) is 1. The number of esters is 1. The lowest BCUT2D eigenvalue weighted by Gasteiger charge is -2.14. The molecule has 0 atom stereocenters. The number of ether oxygens (including phenoxy) is 2. The third-order valence-corrected chi connectivity index (χ3v) is 5.74. The Morgan fingerprint density at radius 1 is 1.06 bits per heavy atom. The van der Waals surface area contributed by atoms with Gasteiger partial charge in [-0.3, -0.25) is 0 Å². The third-order valence-electron chi connectivity index (χ3n) is 4.84. The van der Waals surface area contributed by atoms with E-state index in [2.05, 4.69) is 46.4 Å². The van der Waals surface area contributed by atoms with Gasteiger partial charge in [0.05, 0.1) is 19.3 Å². The highest BCUT2D eigenvalue weighted by Crippen LogP contribution is 2.44. The summed E-state index contributed by atoms with van der Waals surface area (Å²) in [6.07, 6.45) is 0.911. The summed E-state index contributed by atoms with van der Waals surface area (Å²) in [5.41, 5.74) is 4.70. The van der Waals surface area contributed by atoms with Gasteiger partial charge in [-0.25, -0.2) is 14.6 Å². The van der Waals surface area contributed by atoms with E-state index in [1.807, 2.05) is 24.3 Å². The Labute approximate surface area is 184 Å². The fourth-order valence-corrected chi connectivity index (χ4v) is 4.20. The number of carbonyl (C=O) groups is 2. The number of hydrogen-bond donors (Lipinski definition) is 1. The Bertz CT molecular complexity index is 1130. The Kier molecular flexibility index (Phi) is 6.29. The molecule has 0 fully saturated rings. The first kappa shape index (κ1) is 20.6. The van der Waals surface area contributed by atoms with Crippen LogP contribution in [0, 0.1) is 11.8 Å². The Hall–Kier alpha value is -3.63. The molecule has 1 heterocycles. The second-order valence-electron chi connectivity index (χ2n) is 6.73. The first-order valence-electron chi connectivity index (χ1n) is 9.88. The normalized spacial score (nSPS) is 11.6. The van der Waals surface area contributed by atoms with Gasteiger partial charge in [-0.2, -0.15) is 0 Å². The van der Waals surface area contributed by atoms with E-state index in [9.17, 15) is 9.59 Å². The number of nitrogens with one attached hydrogen (secondary N) is 1.